The third kappa shape index (κ3) is 4.71. The second kappa shape index (κ2) is 7.26. The van der Waals surface area contributed by atoms with E-state index in [1.54, 1.807) is 18.2 Å². The molecule has 0 atom stereocenters. The lowest BCUT2D eigenvalue weighted by molar-refractivity contribution is 0.102. The molecule has 1 N–H and O–H groups in total. The summed E-state index contributed by atoms with van der Waals surface area (Å²) in [5, 5.41) is 2.87. The average molecular weight is 460 g/mol. The van der Waals surface area contributed by atoms with Gasteiger partial charge in [-0.25, -0.2) is 0 Å². The summed E-state index contributed by atoms with van der Waals surface area (Å²) in [7, 11) is 0. The Bertz CT molecular complexity index is 641. The lowest BCUT2D eigenvalue weighted by Crippen LogP contribution is -2.12. The Labute approximate surface area is 146 Å². The molecule has 0 fully saturated rings. The van der Waals surface area contributed by atoms with Crippen molar-refractivity contribution >= 4 is 50.1 Å². The van der Waals surface area contributed by atoms with E-state index >= 15 is 0 Å². The van der Waals surface area contributed by atoms with Crippen LogP contribution in [0.3, 0.4) is 0 Å². The average Bonchev–Trinajstić information content (AvgIpc) is 2.43. The molecule has 110 valence electrons. The number of nitrogens with one attached hydrogen (secondary N) is 1. The molecule has 3 nitrogen and oxygen atoms in total. The maximum Gasteiger partial charge on any atom is 0.255 e. The summed E-state index contributed by atoms with van der Waals surface area (Å²) in [6, 6.07) is 13.0. The molecule has 0 aliphatic carbocycles. The molecular formula is C16H15BrINO2. The lowest BCUT2D eigenvalue weighted by atomic mass is 10.2. The van der Waals surface area contributed by atoms with E-state index in [4.69, 9.17) is 4.74 Å². The Morgan fingerprint density at radius 3 is 2.43 bits per heavy atom. The van der Waals surface area contributed by atoms with Crippen LogP contribution in [-0.2, 0) is 0 Å². The van der Waals surface area contributed by atoms with E-state index in [1.165, 1.54) is 0 Å². The predicted octanol–water partition coefficient (Wildman–Crippen LogP) is 5.09. The molecule has 0 unspecified atom stereocenters. The van der Waals surface area contributed by atoms with Crippen molar-refractivity contribution in [3.05, 3.63) is 56.1 Å². The number of rotatable bonds is 4. The number of amides is 1. The SMILES string of the molecule is CC(C)Oc1ccc(C(=O)Nc2ccc(I)cc2)cc1Br. The van der Waals surface area contributed by atoms with Gasteiger partial charge in [0.15, 0.2) is 0 Å². The maximum absolute atomic E-state index is 12.2. The molecule has 0 saturated heterocycles. The van der Waals surface area contributed by atoms with Crippen molar-refractivity contribution in [2.75, 3.05) is 5.32 Å². The zero-order valence-electron chi connectivity index (χ0n) is 11.7. The van der Waals surface area contributed by atoms with Gasteiger partial charge in [-0.15, -0.1) is 0 Å². The van der Waals surface area contributed by atoms with E-state index in [-0.39, 0.29) is 12.0 Å². The van der Waals surface area contributed by atoms with Gasteiger partial charge < -0.3 is 10.1 Å². The first kappa shape index (κ1) is 16.3. The highest BCUT2D eigenvalue weighted by atomic mass is 127. The van der Waals surface area contributed by atoms with Gasteiger partial charge in [0.05, 0.1) is 10.6 Å². The lowest BCUT2D eigenvalue weighted by Gasteiger charge is -2.12. The van der Waals surface area contributed by atoms with E-state index in [9.17, 15) is 4.79 Å². The van der Waals surface area contributed by atoms with Gasteiger partial charge in [-0.2, -0.15) is 0 Å². The summed E-state index contributed by atoms with van der Waals surface area (Å²) >= 11 is 5.66. The minimum absolute atomic E-state index is 0.0905. The van der Waals surface area contributed by atoms with E-state index in [2.05, 4.69) is 43.8 Å². The van der Waals surface area contributed by atoms with Crippen LogP contribution >= 0.6 is 38.5 Å². The highest BCUT2D eigenvalue weighted by Crippen LogP contribution is 2.27. The highest BCUT2D eigenvalue weighted by Gasteiger charge is 2.10. The Morgan fingerprint density at radius 1 is 1.19 bits per heavy atom. The van der Waals surface area contributed by atoms with Crippen molar-refractivity contribution in [2.24, 2.45) is 0 Å². The molecule has 1 amide bonds. The van der Waals surface area contributed by atoms with Crippen LogP contribution < -0.4 is 10.1 Å². The summed E-state index contributed by atoms with van der Waals surface area (Å²) in [6.45, 7) is 3.92. The summed E-state index contributed by atoms with van der Waals surface area (Å²) in [6.07, 6.45) is 0.0905. The quantitative estimate of drug-likeness (QED) is 0.646. The Morgan fingerprint density at radius 2 is 1.86 bits per heavy atom. The molecular weight excluding hydrogens is 445 g/mol. The van der Waals surface area contributed by atoms with Crippen LogP contribution in [0.15, 0.2) is 46.9 Å². The molecule has 0 radical (unpaired) electrons. The van der Waals surface area contributed by atoms with Gasteiger partial charge in [0, 0.05) is 14.8 Å². The predicted molar refractivity (Wildman–Crippen MR) is 97.0 cm³/mol. The fourth-order valence-electron chi connectivity index (χ4n) is 1.73. The van der Waals surface area contributed by atoms with Crippen molar-refractivity contribution in [3.8, 4) is 5.75 Å². The number of hydrogen-bond acceptors (Lipinski definition) is 2. The molecule has 2 aromatic carbocycles. The smallest absolute Gasteiger partial charge is 0.255 e. The maximum atomic E-state index is 12.2. The molecule has 0 aromatic heterocycles. The van der Waals surface area contributed by atoms with Gasteiger partial charge >= 0.3 is 0 Å². The largest absolute Gasteiger partial charge is 0.490 e. The molecule has 2 aromatic rings. The molecule has 0 aliphatic rings. The van der Waals surface area contributed by atoms with E-state index in [0.29, 0.717) is 5.56 Å². The van der Waals surface area contributed by atoms with Crippen LogP contribution in [0.25, 0.3) is 0 Å². The Hall–Kier alpha value is -1.08. The van der Waals surface area contributed by atoms with Crippen molar-refractivity contribution in [1.82, 2.24) is 0 Å². The zero-order valence-corrected chi connectivity index (χ0v) is 15.4. The Kier molecular flexibility index (Phi) is 5.64. The molecule has 0 bridgehead atoms. The van der Waals surface area contributed by atoms with Crippen LogP contribution in [0.1, 0.15) is 24.2 Å². The van der Waals surface area contributed by atoms with Crippen molar-refractivity contribution in [3.63, 3.8) is 0 Å². The molecule has 0 heterocycles. The fourth-order valence-corrected chi connectivity index (χ4v) is 2.56. The minimum atomic E-state index is -0.145. The number of carbonyl (C=O) groups excluding carboxylic acids is 1. The molecule has 0 spiro atoms. The zero-order chi connectivity index (χ0) is 15.4. The van der Waals surface area contributed by atoms with Crippen LogP contribution in [0, 0.1) is 3.57 Å². The second-order valence-electron chi connectivity index (χ2n) is 4.77. The normalized spacial score (nSPS) is 10.5. The fraction of sp³-hybridized carbons (Fsp3) is 0.188. The van der Waals surface area contributed by atoms with Crippen LogP contribution in [0.5, 0.6) is 5.75 Å². The van der Waals surface area contributed by atoms with Crippen molar-refractivity contribution < 1.29 is 9.53 Å². The first-order chi connectivity index (χ1) is 9.95. The number of ether oxygens (including phenoxy) is 1. The summed E-state index contributed by atoms with van der Waals surface area (Å²) in [5.41, 5.74) is 1.36. The van der Waals surface area contributed by atoms with Crippen LogP contribution in [-0.4, -0.2) is 12.0 Å². The van der Waals surface area contributed by atoms with Gasteiger partial charge in [-0.1, -0.05) is 0 Å². The van der Waals surface area contributed by atoms with Gasteiger partial charge in [0.1, 0.15) is 5.75 Å². The van der Waals surface area contributed by atoms with Gasteiger partial charge in [0.25, 0.3) is 5.91 Å². The van der Waals surface area contributed by atoms with E-state index in [0.717, 1.165) is 19.5 Å². The standard InChI is InChI=1S/C16H15BrINO2/c1-10(2)21-15-8-3-11(9-14(15)17)16(20)19-13-6-4-12(18)5-7-13/h3-10H,1-2H3,(H,19,20). The van der Waals surface area contributed by atoms with Crippen LogP contribution in [0.2, 0.25) is 0 Å². The van der Waals surface area contributed by atoms with E-state index in [1.807, 2.05) is 38.1 Å². The molecule has 2 rings (SSSR count). The van der Waals surface area contributed by atoms with Gasteiger partial charge in [-0.05, 0) is 94.8 Å². The topological polar surface area (TPSA) is 38.3 Å². The molecule has 0 saturated carbocycles. The number of carbonyl (C=O) groups is 1. The molecule has 21 heavy (non-hydrogen) atoms. The summed E-state index contributed by atoms with van der Waals surface area (Å²) < 4.78 is 7.53. The third-order valence-electron chi connectivity index (χ3n) is 2.66. The van der Waals surface area contributed by atoms with Gasteiger partial charge in [0.2, 0.25) is 0 Å². The minimum Gasteiger partial charge on any atom is -0.490 e. The summed E-state index contributed by atoms with van der Waals surface area (Å²) in [5.74, 6) is 0.587. The molecule has 5 heteroatoms. The van der Waals surface area contributed by atoms with Gasteiger partial charge in [-0.3, -0.25) is 4.79 Å². The summed E-state index contributed by atoms with van der Waals surface area (Å²) in [4.78, 5) is 12.2. The number of hydrogen-bond donors (Lipinski definition) is 1. The number of anilines is 1. The Balaban J connectivity index is 2.12. The van der Waals surface area contributed by atoms with Crippen molar-refractivity contribution in [1.29, 1.82) is 0 Å². The first-order valence-corrected chi connectivity index (χ1v) is 8.36. The number of benzene rings is 2. The van der Waals surface area contributed by atoms with Crippen molar-refractivity contribution in [2.45, 2.75) is 20.0 Å². The highest BCUT2D eigenvalue weighted by molar-refractivity contribution is 14.1. The number of halogens is 2. The monoisotopic (exact) mass is 459 g/mol. The third-order valence-corrected chi connectivity index (χ3v) is 4.00. The second-order valence-corrected chi connectivity index (χ2v) is 6.87. The van der Waals surface area contributed by atoms with E-state index < -0.39 is 0 Å². The first-order valence-electron chi connectivity index (χ1n) is 6.49. The molecule has 0 aliphatic heterocycles. The van der Waals surface area contributed by atoms with Crippen LogP contribution in [0.4, 0.5) is 5.69 Å².